The molecule has 0 aromatic heterocycles. The number of ether oxygens (including phenoxy) is 1. The summed E-state index contributed by atoms with van der Waals surface area (Å²) in [5.74, 6) is -15.2. The van der Waals surface area contributed by atoms with Gasteiger partial charge in [-0.15, -0.1) is 11.8 Å². The number of carboxylic acids is 1. The molecule has 590 valence electrons. The number of hydrogen-bond donors (Lipinski definition) is 20. The van der Waals surface area contributed by atoms with Gasteiger partial charge in [-0.1, -0.05) is 62.4 Å². The Balaban J connectivity index is 1.86. The van der Waals surface area contributed by atoms with Crippen LogP contribution in [0.3, 0.4) is 0 Å². The zero-order chi connectivity index (χ0) is 79.1. The second-order valence-corrected chi connectivity index (χ2v) is 26.9. The third kappa shape index (κ3) is 32.9. The van der Waals surface area contributed by atoms with Crippen molar-refractivity contribution in [3.63, 3.8) is 0 Å². The highest BCUT2D eigenvalue weighted by Crippen LogP contribution is 2.23. The molecule has 2 aliphatic rings. The number of amides is 13. The molecule has 107 heavy (non-hydrogen) atoms. The molecule has 2 saturated heterocycles. The van der Waals surface area contributed by atoms with Gasteiger partial charge in [0.15, 0.2) is 17.9 Å². The molecule has 10 atom stereocenters. The van der Waals surface area contributed by atoms with E-state index in [0.717, 1.165) is 11.8 Å². The van der Waals surface area contributed by atoms with E-state index in [1.807, 2.05) is 0 Å². The molecule has 0 bridgehead atoms. The maximum atomic E-state index is 15.1. The predicted molar refractivity (Wildman–Crippen MR) is 396 cm³/mol. The number of nitrogens with zero attached hydrogens (tertiary/aromatic N) is 4. The number of hydrogen-bond acceptors (Lipinski definition) is 20. The van der Waals surface area contributed by atoms with Crippen LogP contribution >= 0.6 is 11.8 Å². The molecule has 0 spiro atoms. The van der Waals surface area contributed by atoms with Gasteiger partial charge >= 0.3 is 5.97 Å². The number of aliphatic carboxylic acids is 1. The van der Waals surface area contributed by atoms with E-state index < -0.39 is 168 Å². The highest BCUT2D eigenvalue weighted by atomic mass is 32.2. The van der Waals surface area contributed by atoms with Gasteiger partial charge in [0.25, 0.3) is 0 Å². The van der Waals surface area contributed by atoms with Crippen molar-refractivity contribution >= 4 is 112 Å². The minimum absolute atomic E-state index is 0.0169. The number of primary amides is 1. The maximum Gasteiger partial charge on any atom is 0.305 e. The normalized spacial score (nSPS) is 22.9. The van der Waals surface area contributed by atoms with Crippen LogP contribution in [0.15, 0.2) is 69.6 Å². The van der Waals surface area contributed by atoms with Crippen molar-refractivity contribution in [3.8, 4) is 5.75 Å². The van der Waals surface area contributed by atoms with Crippen molar-refractivity contribution in [3.05, 3.63) is 65.7 Å². The minimum Gasteiger partial charge on any atom is -0.496 e. The zero-order valence-corrected chi connectivity index (χ0v) is 61.2. The van der Waals surface area contributed by atoms with Crippen LogP contribution in [0.1, 0.15) is 108 Å². The molecule has 2 aromatic carbocycles. The number of thioether (sulfide) groups is 1. The number of para-hydroxylation sites is 1. The molecule has 2 aliphatic heterocycles. The van der Waals surface area contributed by atoms with Crippen LogP contribution in [-0.4, -0.2) is 235 Å². The Morgan fingerprint density at radius 2 is 1.01 bits per heavy atom. The first-order chi connectivity index (χ1) is 50.9. The number of carbonyl (C=O) groups excluding carboxylic acids is 13. The standard InChI is InChI=1S/C67H105N23O16S/c1-37(2)29-44-59(100)84-42(20-12-26-77-66(72)73)58(99)88-45(30-38-15-5-4-6-16-38)60(101)86-43(21-13-27-78-67(74)75)64(105)90-28-14-22-49(90)63(104)85-41(18-9-10-24-68)57(98)89-47(32-54(94)95)62(103)83-40(19-11-25-76-65(70)71)56(97)80-33-51(91)79-34-52(92)82-48(55(69)96)35-107-36-53(93)81-46(61(102)87-44)31-39-17-7-8-23-50(39)106-3/h4-8,15-17,23,37,40-49H,9-14,18-22,24-36,68H2,1-3H3,(H2,69,96)(H,79,91)(H,80,97)(H,81,93)(H,82,92)(H,83,103)(H,84,100)(H,85,104)(H,86,101)(H,87,102)(H,88,99)(H,89,98)(H,94,95)(H4,70,71,76)(H4,72,73,77)(H4,74,75,78)/t40-,41-,42-,43-,44-,45-,46-,47-,48-,49-/m0/s1. The highest BCUT2D eigenvalue weighted by molar-refractivity contribution is 8.00. The number of carbonyl (C=O) groups is 14. The van der Waals surface area contributed by atoms with E-state index >= 15 is 9.59 Å². The average molecular weight is 1520 g/mol. The number of benzene rings is 2. The first-order valence-electron chi connectivity index (χ1n) is 35.1. The van der Waals surface area contributed by atoms with Crippen LogP contribution in [0.4, 0.5) is 0 Å². The van der Waals surface area contributed by atoms with Crippen molar-refractivity contribution in [2.45, 2.75) is 171 Å². The van der Waals surface area contributed by atoms with Crippen molar-refractivity contribution < 1.29 is 77.0 Å². The number of carboxylic acid groups (broad SMARTS) is 1. The van der Waals surface area contributed by atoms with Crippen LogP contribution in [0, 0.1) is 5.92 Å². The van der Waals surface area contributed by atoms with E-state index in [9.17, 15) is 62.6 Å². The fourth-order valence-electron chi connectivity index (χ4n) is 11.4. The van der Waals surface area contributed by atoms with Gasteiger partial charge in [-0.25, -0.2) is 0 Å². The number of nitrogens with two attached hydrogens (primary N) is 8. The van der Waals surface area contributed by atoms with Gasteiger partial charge in [-0.3, -0.25) is 82.1 Å². The fraction of sp³-hybridized carbons (Fsp3) is 0.567. The topological polar surface area (TPSA) is 649 Å². The van der Waals surface area contributed by atoms with Gasteiger partial charge in [0, 0.05) is 44.8 Å². The molecular formula is C67H105N23O16S. The monoisotopic (exact) mass is 1520 g/mol. The summed E-state index contributed by atoms with van der Waals surface area (Å²) in [5, 5.41) is 38.2. The number of nitrogens with one attached hydrogen (secondary N) is 11. The Morgan fingerprint density at radius 3 is 1.57 bits per heavy atom. The van der Waals surface area contributed by atoms with E-state index in [1.54, 1.807) is 68.4 Å². The molecule has 39 nitrogen and oxygen atoms in total. The molecule has 2 heterocycles. The van der Waals surface area contributed by atoms with Crippen molar-refractivity contribution in [1.29, 1.82) is 0 Å². The quantitative estimate of drug-likeness (QED) is 0.0236. The molecule has 2 aromatic rings. The van der Waals surface area contributed by atoms with Gasteiger partial charge in [0.2, 0.25) is 76.8 Å². The lowest BCUT2D eigenvalue weighted by molar-refractivity contribution is -0.143. The summed E-state index contributed by atoms with van der Waals surface area (Å²) in [4.78, 5) is 210. The van der Waals surface area contributed by atoms with Gasteiger partial charge in [-0.05, 0) is 107 Å². The third-order valence-electron chi connectivity index (χ3n) is 16.7. The summed E-state index contributed by atoms with van der Waals surface area (Å²) in [6, 6.07) is 0.129. The Bertz CT molecular complexity index is 3470. The average Bonchev–Trinajstić information content (AvgIpc) is 0.978. The molecule has 0 saturated carbocycles. The Labute approximate surface area is 623 Å². The van der Waals surface area contributed by atoms with E-state index in [0.29, 0.717) is 23.3 Å². The molecule has 13 amide bonds. The highest BCUT2D eigenvalue weighted by Gasteiger charge is 2.41. The van der Waals surface area contributed by atoms with Crippen LogP contribution < -0.4 is 109 Å². The van der Waals surface area contributed by atoms with E-state index in [1.165, 1.54) is 12.0 Å². The predicted octanol–water partition coefficient (Wildman–Crippen LogP) is -6.89. The summed E-state index contributed by atoms with van der Waals surface area (Å²) in [5.41, 5.74) is 46.0. The molecule has 0 aliphatic carbocycles. The van der Waals surface area contributed by atoms with E-state index in [-0.39, 0.29) is 146 Å². The maximum absolute atomic E-state index is 15.1. The molecule has 40 heteroatoms. The largest absolute Gasteiger partial charge is 0.496 e. The second kappa shape index (κ2) is 46.7. The number of rotatable bonds is 26. The summed E-state index contributed by atoms with van der Waals surface area (Å²) >= 11 is 0.824. The fourth-order valence-corrected chi connectivity index (χ4v) is 12.3. The van der Waals surface area contributed by atoms with Crippen molar-refractivity contribution in [2.24, 2.45) is 66.8 Å². The number of methoxy groups -OCH3 is 1. The number of unbranched alkanes of at least 4 members (excludes halogenated alkanes) is 1. The summed E-state index contributed by atoms with van der Waals surface area (Å²) < 4.78 is 5.56. The number of guanidine groups is 3. The zero-order valence-electron chi connectivity index (χ0n) is 60.4. The smallest absolute Gasteiger partial charge is 0.305 e. The van der Waals surface area contributed by atoms with Crippen molar-refractivity contribution in [2.75, 3.05) is 64.4 Å². The molecule has 0 unspecified atom stereocenters. The number of aliphatic imine (C=N–C) groups is 3. The van der Waals surface area contributed by atoms with Crippen LogP contribution in [0.25, 0.3) is 0 Å². The first-order valence-corrected chi connectivity index (χ1v) is 36.2. The van der Waals surface area contributed by atoms with Gasteiger partial charge < -0.3 is 119 Å². The van der Waals surface area contributed by atoms with Crippen LogP contribution in [0.5, 0.6) is 5.75 Å². The third-order valence-corrected chi connectivity index (χ3v) is 17.8. The summed E-state index contributed by atoms with van der Waals surface area (Å²) in [7, 11) is 1.40. The molecule has 0 radical (unpaired) electrons. The lowest BCUT2D eigenvalue weighted by Crippen LogP contribution is -2.60. The molecule has 28 N–H and O–H groups in total. The molecular weight excluding hydrogens is 1410 g/mol. The molecule has 4 rings (SSSR count). The summed E-state index contributed by atoms with van der Waals surface area (Å²) in [6.45, 7) is 1.95. The molecule has 2 fully saturated rings. The summed E-state index contributed by atoms with van der Waals surface area (Å²) in [6.07, 6.45) is -1.12. The second-order valence-electron chi connectivity index (χ2n) is 25.8. The SMILES string of the molecule is COc1ccccc1C[C@@H]1NC(=O)CSC[C@@H](C(N)=O)NC(=O)CNC(=O)CNC(=O)[C@H](CCCN=C(N)N)NC(=O)[C@H](CC(=O)O)NC(=O)[C@H](CCCCN)NC(=O)[C@@H]2CCCN2C(=O)[C@H](CCCN=C(N)N)NC(=O)[C@H](Cc2ccccc2)NC(=O)[C@H](CCCN=C(N)N)NC(=O)[C@H](CC(C)C)NC1=O. The first kappa shape index (κ1) is 88.3. The lowest BCUT2D eigenvalue weighted by Gasteiger charge is -2.31. The minimum atomic E-state index is -1.92. The lowest BCUT2D eigenvalue weighted by atomic mass is 9.99. The van der Waals surface area contributed by atoms with Gasteiger partial charge in [0.1, 0.15) is 66.2 Å². The Hall–Kier alpha value is -11.1. The van der Waals surface area contributed by atoms with Crippen molar-refractivity contribution in [1.82, 2.24) is 63.4 Å². The van der Waals surface area contributed by atoms with Gasteiger partial charge in [-0.2, -0.15) is 0 Å². The van der Waals surface area contributed by atoms with E-state index in [4.69, 9.17) is 50.6 Å². The van der Waals surface area contributed by atoms with Gasteiger partial charge in [0.05, 0.1) is 32.4 Å². The van der Waals surface area contributed by atoms with Crippen LogP contribution in [0.2, 0.25) is 0 Å². The Kier molecular flexibility index (Phi) is 38.6. The van der Waals surface area contributed by atoms with E-state index in [2.05, 4.69) is 73.5 Å². The Morgan fingerprint density at radius 1 is 0.533 bits per heavy atom. The number of fused-ring (bicyclic) bond motifs is 1. The van der Waals surface area contributed by atoms with Crippen LogP contribution in [-0.2, 0) is 80.0 Å².